The van der Waals surface area contributed by atoms with E-state index in [9.17, 15) is 4.79 Å². The Labute approximate surface area is 141 Å². The summed E-state index contributed by atoms with van der Waals surface area (Å²) in [5.41, 5.74) is 2.69. The third-order valence-electron chi connectivity index (χ3n) is 4.88. The van der Waals surface area contributed by atoms with Crippen LogP contribution in [-0.4, -0.2) is 37.0 Å². The third-order valence-corrected chi connectivity index (χ3v) is 4.88. The maximum atomic E-state index is 12.3. The van der Waals surface area contributed by atoms with Gasteiger partial charge in [-0.15, -0.1) is 0 Å². The van der Waals surface area contributed by atoms with Crippen molar-refractivity contribution in [3.05, 3.63) is 35.4 Å². The van der Waals surface area contributed by atoms with Crippen LogP contribution in [0.4, 0.5) is 0 Å². The summed E-state index contributed by atoms with van der Waals surface area (Å²) in [6.45, 7) is 8.31. The van der Waals surface area contributed by atoms with Gasteiger partial charge in [-0.05, 0) is 63.6 Å². The fourth-order valence-electron chi connectivity index (χ4n) is 3.25. The molecule has 1 saturated heterocycles. The molecule has 1 N–H and O–H groups in total. The molecule has 0 unspecified atom stereocenters. The fourth-order valence-corrected chi connectivity index (χ4v) is 3.25. The van der Waals surface area contributed by atoms with Crippen molar-refractivity contribution in [2.75, 3.05) is 26.2 Å². The van der Waals surface area contributed by atoms with Crippen LogP contribution < -0.4 is 5.32 Å². The lowest BCUT2D eigenvalue weighted by atomic mass is 9.96. The van der Waals surface area contributed by atoms with Gasteiger partial charge in [0.25, 0.3) is 0 Å². The van der Waals surface area contributed by atoms with Gasteiger partial charge in [0.05, 0.1) is 0 Å². The Morgan fingerprint density at radius 1 is 1.17 bits per heavy atom. The van der Waals surface area contributed by atoms with Gasteiger partial charge in [-0.1, -0.05) is 36.8 Å². The smallest absolute Gasteiger partial charge is 0.222 e. The van der Waals surface area contributed by atoms with Crippen LogP contribution in [-0.2, 0) is 11.2 Å². The van der Waals surface area contributed by atoms with E-state index >= 15 is 0 Å². The zero-order valence-corrected chi connectivity index (χ0v) is 14.8. The van der Waals surface area contributed by atoms with Gasteiger partial charge in [0.2, 0.25) is 5.91 Å². The molecular weight excluding hydrogens is 284 g/mol. The monoisotopic (exact) mass is 316 g/mol. The first-order valence-electron chi connectivity index (χ1n) is 9.23. The number of piperidine rings is 1. The summed E-state index contributed by atoms with van der Waals surface area (Å²) in [6.07, 6.45) is 6.21. The third kappa shape index (κ3) is 6.34. The number of carbonyl (C=O) groups excluding carboxylic acids is 1. The van der Waals surface area contributed by atoms with Gasteiger partial charge in [0, 0.05) is 19.5 Å². The number of benzene rings is 1. The lowest BCUT2D eigenvalue weighted by Gasteiger charge is -2.32. The second-order valence-electron chi connectivity index (χ2n) is 6.82. The Morgan fingerprint density at radius 2 is 1.87 bits per heavy atom. The average Bonchev–Trinajstić information content (AvgIpc) is 2.58. The number of amides is 1. The van der Waals surface area contributed by atoms with Crippen molar-refractivity contribution in [3.8, 4) is 0 Å². The van der Waals surface area contributed by atoms with Gasteiger partial charge in [-0.3, -0.25) is 4.79 Å². The van der Waals surface area contributed by atoms with Crippen molar-refractivity contribution in [1.29, 1.82) is 0 Å². The van der Waals surface area contributed by atoms with Gasteiger partial charge in [-0.25, -0.2) is 0 Å². The number of unbranched alkanes of at least 4 members (excludes halogenated alkanes) is 1. The summed E-state index contributed by atoms with van der Waals surface area (Å²) in [6, 6.07) is 8.73. The number of carbonyl (C=O) groups is 1. The molecule has 0 atom stereocenters. The van der Waals surface area contributed by atoms with Gasteiger partial charge >= 0.3 is 0 Å². The van der Waals surface area contributed by atoms with Crippen LogP contribution in [0.3, 0.4) is 0 Å². The predicted octanol–water partition coefficient (Wildman–Crippen LogP) is 3.56. The van der Waals surface area contributed by atoms with E-state index in [2.05, 4.69) is 48.3 Å². The van der Waals surface area contributed by atoms with E-state index in [4.69, 9.17) is 0 Å². The van der Waals surface area contributed by atoms with Gasteiger partial charge in [0.15, 0.2) is 0 Å². The molecule has 1 aromatic rings. The molecular formula is C20H32N2O. The maximum absolute atomic E-state index is 12.3. The molecule has 0 aromatic heterocycles. The quantitative estimate of drug-likeness (QED) is 0.744. The van der Waals surface area contributed by atoms with E-state index in [1.165, 1.54) is 11.1 Å². The minimum atomic E-state index is 0.357. The Morgan fingerprint density at radius 3 is 2.52 bits per heavy atom. The lowest BCUT2D eigenvalue weighted by molar-refractivity contribution is -0.132. The number of nitrogens with zero attached hydrogens (tertiary/aromatic N) is 1. The zero-order chi connectivity index (χ0) is 16.5. The van der Waals surface area contributed by atoms with Crippen molar-refractivity contribution in [1.82, 2.24) is 10.2 Å². The first-order valence-corrected chi connectivity index (χ1v) is 9.23. The average molecular weight is 316 g/mol. The molecule has 1 aromatic carbocycles. The minimum Gasteiger partial charge on any atom is -0.343 e. The van der Waals surface area contributed by atoms with Crippen LogP contribution in [0.15, 0.2) is 24.3 Å². The van der Waals surface area contributed by atoms with Crippen molar-refractivity contribution < 1.29 is 4.79 Å². The fraction of sp³-hybridized carbons (Fsp3) is 0.650. The first kappa shape index (κ1) is 18.0. The number of hydrogen-bond acceptors (Lipinski definition) is 2. The molecule has 1 amide bonds. The zero-order valence-electron chi connectivity index (χ0n) is 14.8. The summed E-state index contributed by atoms with van der Waals surface area (Å²) in [7, 11) is 0. The highest BCUT2D eigenvalue weighted by Crippen LogP contribution is 2.18. The molecule has 23 heavy (non-hydrogen) atoms. The van der Waals surface area contributed by atoms with E-state index in [0.29, 0.717) is 12.3 Å². The maximum Gasteiger partial charge on any atom is 0.222 e. The lowest BCUT2D eigenvalue weighted by Crippen LogP contribution is -2.40. The molecule has 1 aliphatic rings. The number of aryl methyl sites for hydroxylation is 2. The highest BCUT2D eigenvalue weighted by molar-refractivity contribution is 5.76. The van der Waals surface area contributed by atoms with Crippen molar-refractivity contribution in [3.63, 3.8) is 0 Å². The van der Waals surface area contributed by atoms with E-state index < -0.39 is 0 Å². The molecule has 128 valence electrons. The van der Waals surface area contributed by atoms with Crippen molar-refractivity contribution in [2.24, 2.45) is 5.92 Å². The van der Waals surface area contributed by atoms with Crippen LogP contribution in [0.5, 0.6) is 0 Å². The normalized spacial score (nSPS) is 15.8. The van der Waals surface area contributed by atoms with Crippen molar-refractivity contribution in [2.45, 2.75) is 52.4 Å². The summed E-state index contributed by atoms with van der Waals surface area (Å²) in [5.74, 6) is 1.11. The van der Waals surface area contributed by atoms with E-state index in [1.54, 1.807) is 0 Å². The Balaban J connectivity index is 1.59. The molecule has 2 rings (SSSR count). The Bertz CT molecular complexity index is 461. The molecule has 3 heteroatoms. The largest absolute Gasteiger partial charge is 0.343 e. The summed E-state index contributed by atoms with van der Waals surface area (Å²) >= 11 is 0. The van der Waals surface area contributed by atoms with Crippen LogP contribution in [0.1, 0.15) is 50.2 Å². The van der Waals surface area contributed by atoms with Gasteiger partial charge in [0.1, 0.15) is 0 Å². The highest BCUT2D eigenvalue weighted by atomic mass is 16.2. The predicted molar refractivity (Wildman–Crippen MR) is 96.6 cm³/mol. The highest BCUT2D eigenvalue weighted by Gasteiger charge is 2.21. The SMILES string of the molecule is CCNCC1CCN(C(=O)CCCCc2ccc(C)cc2)CC1. The van der Waals surface area contributed by atoms with Gasteiger partial charge < -0.3 is 10.2 Å². The van der Waals surface area contributed by atoms with Crippen LogP contribution in [0, 0.1) is 12.8 Å². The van der Waals surface area contributed by atoms with Crippen LogP contribution in [0.25, 0.3) is 0 Å². The summed E-state index contributed by atoms with van der Waals surface area (Å²) in [4.78, 5) is 14.4. The topological polar surface area (TPSA) is 32.3 Å². The van der Waals surface area contributed by atoms with E-state index in [0.717, 1.165) is 64.2 Å². The molecule has 0 spiro atoms. The Kier molecular flexibility index (Phi) is 7.60. The molecule has 3 nitrogen and oxygen atoms in total. The minimum absolute atomic E-state index is 0.357. The first-order chi connectivity index (χ1) is 11.2. The number of hydrogen-bond donors (Lipinski definition) is 1. The molecule has 1 fully saturated rings. The second-order valence-corrected chi connectivity index (χ2v) is 6.82. The van der Waals surface area contributed by atoms with Crippen LogP contribution >= 0.6 is 0 Å². The standard InChI is InChI=1S/C20H32N2O/c1-3-21-16-19-12-14-22(15-13-19)20(23)7-5-4-6-18-10-8-17(2)9-11-18/h8-11,19,21H,3-7,12-16H2,1-2H3. The molecule has 0 aliphatic carbocycles. The number of nitrogens with one attached hydrogen (secondary N) is 1. The van der Waals surface area contributed by atoms with Gasteiger partial charge in [-0.2, -0.15) is 0 Å². The van der Waals surface area contributed by atoms with Crippen molar-refractivity contribution >= 4 is 5.91 Å². The molecule has 0 radical (unpaired) electrons. The Hall–Kier alpha value is -1.35. The molecule has 1 heterocycles. The van der Waals surface area contributed by atoms with E-state index in [1.807, 2.05) is 0 Å². The number of rotatable bonds is 8. The van der Waals surface area contributed by atoms with E-state index in [-0.39, 0.29) is 0 Å². The van der Waals surface area contributed by atoms with Crippen LogP contribution in [0.2, 0.25) is 0 Å². The summed E-state index contributed by atoms with van der Waals surface area (Å²) < 4.78 is 0. The number of likely N-dealkylation sites (tertiary alicyclic amines) is 1. The summed E-state index contributed by atoms with van der Waals surface area (Å²) in [5, 5.41) is 3.42. The molecule has 1 aliphatic heterocycles. The molecule has 0 saturated carbocycles. The second kappa shape index (κ2) is 9.71. The molecule has 0 bridgehead atoms.